The predicted molar refractivity (Wildman–Crippen MR) is 86.3 cm³/mol. The van der Waals surface area contributed by atoms with Crippen molar-refractivity contribution in [1.82, 2.24) is 0 Å². The Hall–Kier alpha value is -0.350. The Balaban J connectivity index is 2.25. The molecule has 0 aliphatic rings. The minimum Gasteiger partial charge on any atom is -0.294 e. The lowest BCUT2D eigenvalue weighted by Gasteiger charge is -2.05. The first-order valence-electron chi connectivity index (χ1n) is 5.39. The number of carbonyl (C=O) groups excluding carboxylic acids is 1. The molecule has 2 aromatic carbocycles. The molecule has 0 spiro atoms. The molecule has 0 bridgehead atoms. The second kappa shape index (κ2) is 6.40. The molecule has 0 radical (unpaired) electrons. The van der Waals surface area contributed by atoms with E-state index in [1.807, 2.05) is 6.07 Å². The van der Waals surface area contributed by atoms with Crippen molar-refractivity contribution in [3.8, 4) is 0 Å². The maximum atomic E-state index is 12.2. The van der Waals surface area contributed by atoms with Crippen molar-refractivity contribution in [1.29, 1.82) is 0 Å². The van der Waals surface area contributed by atoms with E-state index in [1.165, 1.54) is 0 Å². The van der Waals surface area contributed by atoms with Crippen LogP contribution in [0.25, 0.3) is 0 Å². The molecular formula is C14H8Br2Cl2O. The normalized spacial score (nSPS) is 10.5. The number of hydrogen-bond acceptors (Lipinski definition) is 1. The van der Waals surface area contributed by atoms with Crippen LogP contribution < -0.4 is 0 Å². The molecule has 0 aromatic heterocycles. The summed E-state index contributed by atoms with van der Waals surface area (Å²) in [5.74, 6) is 0.00576. The summed E-state index contributed by atoms with van der Waals surface area (Å²) in [5, 5.41) is 1.07. The van der Waals surface area contributed by atoms with E-state index >= 15 is 0 Å². The molecule has 0 atom stereocenters. The van der Waals surface area contributed by atoms with E-state index in [9.17, 15) is 4.79 Å². The monoisotopic (exact) mass is 420 g/mol. The van der Waals surface area contributed by atoms with Gasteiger partial charge in [0.15, 0.2) is 5.78 Å². The van der Waals surface area contributed by atoms with Gasteiger partial charge in [-0.05, 0) is 35.9 Å². The molecule has 0 saturated carbocycles. The summed E-state index contributed by atoms with van der Waals surface area (Å²) in [6.45, 7) is 0. The molecule has 19 heavy (non-hydrogen) atoms. The fraction of sp³-hybridized carbons (Fsp3) is 0.0714. The lowest BCUT2D eigenvalue weighted by molar-refractivity contribution is 0.0993. The van der Waals surface area contributed by atoms with Crippen LogP contribution in [0.4, 0.5) is 0 Å². The van der Waals surface area contributed by atoms with Crippen LogP contribution in [0.2, 0.25) is 10.0 Å². The van der Waals surface area contributed by atoms with Crippen molar-refractivity contribution in [2.24, 2.45) is 0 Å². The molecule has 0 amide bonds. The number of ketones is 1. The van der Waals surface area contributed by atoms with Gasteiger partial charge in [0, 0.05) is 31.0 Å². The Labute approximate surface area is 138 Å². The number of benzene rings is 2. The van der Waals surface area contributed by atoms with Crippen molar-refractivity contribution in [2.45, 2.75) is 6.42 Å². The third kappa shape index (κ3) is 4.06. The molecule has 5 heteroatoms. The minimum atomic E-state index is 0.00576. The zero-order valence-electron chi connectivity index (χ0n) is 9.59. The molecule has 2 aromatic rings. The molecule has 2 rings (SSSR count). The topological polar surface area (TPSA) is 17.1 Å². The van der Waals surface area contributed by atoms with E-state index in [0.717, 1.165) is 14.5 Å². The van der Waals surface area contributed by atoms with Crippen LogP contribution in [-0.4, -0.2) is 5.78 Å². The minimum absolute atomic E-state index is 0.00576. The van der Waals surface area contributed by atoms with Crippen molar-refractivity contribution in [3.05, 3.63) is 66.5 Å². The van der Waals surface area contributed by atoms with E-state index in [1.54, 1.807) is 30.3 Å². The first-order chi connectivity index (χ1) is 8.95. The van der Waals surface area contributed by atoms with Crippen LogP contribution in [-0.2, 0) is 6.42 Å². The number of halogens is 4. The second-order valence-corrected chi connectivity index (χ2v) is 6.67. The number of carbonyl (C=O) groups is 1. The molecule has 0 aliphatic heterocycles. The van der Waals surface area contributed by atoms with Gasteiger partial charge in [0.05, 0.1) is 0 Å². The van der Waals surface area contributed by atoms with Gasteiger partial charge in [-0.15, -0.1) is 0 Å². The summed E-state index contributed by atoms with van der Waals surface area (Å²) in [7, 11) is 0. The van der Waals surface area contributed by atoms with E-state index in [4.69, 9.17) is 23.2 Å². The Kier molecular flexibility index (Phi) is 5.07. The van der Waals surface area contributed by atoms with Gasteiger partial charge in [-0.2, -0.15) is 0 Å². The standard InChI is InChI=1S/C14H8Br2Cl2O/c15-10-3-9(4-11(16)6-10)14(19)5-8-1-2-12(17)7-13(8)18/h1-4,6-7H,5H2. The van der Waals surface area contributed by atoms with Gasteiger partial charge in [0.1, 0.15) is 0 Å². The molecule has 0 N–H and O–H groups in total. The van der Waals surface area contributed by atoms with Crippen molar-refractivity contribution in [3.63, 3.8) is 0 Å². The number of hydrogen-bond donors (Lipinski definition) is 0. The highest BCUT2D eigenvalue weighted by Crippen LogP contribution is 2.24. The van der Waals surface area contributed by atoms with Gasteiger partial charge in [-0.3, -0.25) is 4.79 Å². The SMILES string of the molecule is O=C(Cc1ccc(Cl)cc1Cl)c1cc(Br)cc(Br)c1. The van der Waals surface area contributed by atoms with Crippen LogP contribution in [0.1, 0.15) is 15.9 Å². The molecular weight excluding hydrogens is 415 g/mol. The molecule has 1 nitrogen and oxygen atoms in total. The smallest absolute Gasteiger partial charge is 0.167 e. The van der Waals surface area contributed by atoms with Gasteiger partial charge in [0.25, 0.3) is 0 Å². The van der Waals surface area contributed by atoms with Crippen molar-refractivity contribution in [2.75, 3.05) is 0 Å². The van der Waals surface area contributed by atoms with Gasteiger partial charge < -0.3 is 0 Å². The van der Waals surface area contributed by atoms with E-state index in [2.05, 4.69) is 31.9 Å². The van der Waals surface area contributed by atoms with E-state index < -0.39 is 0 Å². The van der Waals surface area contributed by atoms with Crippen LogP contribution >= 0.6 is 55.1 Å². The summed E-state index contributed by atoms with van der Waals surface area (Å²) >= 11 is 18.6. The number of rotatable bonds is 3. The van der Waals surface area contributed by atoms with Crippen molar-refractivity contribution < 1.29 is 4.79 Å². The van der Waals surface area contributed by atoms with Crippen LogP contribution in [0.5, 0.6) is 0 Å². The Morgan fingerprint density at radius 2 is 1.63 bits per heavy atom. The predicted octanol–water partition coefficient (Wildman–Crippen LogP) is 5.94. The second-order valence-electron chi connectivity index (χ2n) is 3.99. The lowest BCUT2D eigenvalue weighted by atomic mass is 10.0. The molecule has 0 unspecified atom stereocenters. The lowest BCUT2D eigenvalue weighted by Crippen LogP contribution is -2.04. The summed E-state index contributed by atoms with van der Waals surface area (Å²) in [5.41, 5.74) is 1.40. The highest BCUT2D eigenvalue weighted by molar-refractivity contribution is 9.11. The summed E-state index contributed by atoms with van der Waals surface area (Å²) in [6, 6.07) is 10.6. The third-order valence-corrected chi connectivity index (χ3v) is 4.05. The highest BCUT2D eigenvalue weighted by atomic mass is 79.9. The average Bonchev–Trinajstić information content (AvgIpc) is 2.31. The zero-order chi connectivity index (χ0) is 14.0. The quantitative estimate of drug-likeness (QED) is 0.559. The van der Waals surface area contributed by atoms with Crippen LogP contribution in [0.15, 0.2) is 45.3 Å². The maximum absolute atomic E-state index is 12.2. The molecule has 0 saturated heterocycles. The summed E-state index contributed by atoms with van der Waals surface area (Å²) < 4.78 is 1.71. The Bertz CT molecular complexity index is 621. The first kappa shape index (κ1) is 15.0. The van der Waals surface area contributed by atoms with Gasteiger partial charge in [-0.25, -0.2) is 0 Å². The fourth-order valence-electron chi connectivity index (χ4n) is 1.65. The third-order valence-electron chi connectivity index (χ3n) is 2.55. The summed E-state index contributed by atoms with van der Waals surface area (Å²) in [6.07, 6.45) is 0.249. The molecule has 0 fully saturated rings. The highest BCUT2D eigenvalue weighted by Gasteiger charge is 2.11. The first-order valence-corrected chi connectivity index (χ1v) is 7.73. The van der Waals surface area contributed by atoms with Crippen LogP contribution in [0.3, 0.4) is 0 Å². The van der Waals surface area contributed by atoms with E-state index in [-0.39, 0.29) is 12.2 Å². The Morgan fingerprint density at radius 1 is 1.00 bits per heavy atom. The van der Waals surface area contributed by atoms with Gasteiger partial charge in [-0.1, -0.05) is 61.1 Å². The van der Waals surface area contributed by atoms with E-state index in [0.29, 0.717) is 15.6 Å². The molecule has 0 aliphatic carbocycles. The number of Topliss-reactive ketones (excluding diaryl/α,β-unsaturated/α-hetero) is 1. The van der Waals surface area contributed by atoms with Gasteiger partial charge >= 0.3 is 0 Å². The fourth-order valence-corrected chi connectivity index (χ4v) is 3.42. The molecule has 0 heterocycles. The largest absolute Gasteiger partial charge is 0.294 e. The van der Waals surface area contributed by atoms with Crippen molar-refractivity contribution >= 4 is 60.8 Å². The Morgan fingerprint density at radius 3 is 2.21 bits per heavy atom. The van der Waals surface area contributed by atoms with Gasteiger partial charge in [0.2, 0.25) is 0 Å². The summed E-state index contributed by atoms with van der Waals surface area (Å²) in [4.78, 5) is 12.2. The zero-order valence-corrected chi connectivity index (χ0v) is 14.3. The average molecular weight is 423 g/mol. The maximum Gasteiger partial charge on any atom is 0.167 e. The molecule has 98 valence electrons. The van der Waals surface area contributed by atoms with Crippen LogP contribution in [0, 0.1) is 0 Å².